The van der Waals surface area contributed by atoms with E-state index in [0.717, 1.165) is 9.77 Å². The van der Waals surface area contributed by atoms with Gasteiger partial charge in [0.25, 0.3) is 0 Å². The van der Waals surface area contributed by atoms with E-state index >= 15 is 0 Å². The van der Waals surface area contributed by atoms with Crippen molar-refractivity contribution in [2.45, 2.75) is 11.4 Å². The molecule has 0 spiro atoms. The molecule has 0 radical (unpaired) electrons. The quantitative estimate of drug-likeness (QED) is 0.653. The molecule has 0 aliphatic rings. The minimum atomic E-state index is 0.0247. The number of benzene rings is 1. The average molecular weight is 278 g/mol. The molecule has 0 fully saturated rings. The van der Waals surface area contributed by atoms with Crippen molar-refractivity contribution >= 4 is 34.7 Å². The van der Waals surface area contributed by atoms with E-state index < -0.39 is 0 Å². The Hall–Kier alpha value is -1.46. The van der Waals surface area contributed by atoms with Crippen molar-refractivity contribution in [2.24, 2.45) is 0 Å². The van der Waals surface area contributed by atoms with Crippen LogP contribution in [0.5, 0.6) is 0 Å². The fourth-order valence-electron chi connectivity index (χ4n) is 1.41. The molecule has 1 aromatic heterocycles. The van der Waals surface area contributed by atoms with E-state index in [9.17, 15) is 4.79 Å². The Labute approximate surface area is 114 Å². The van der Waals surface area contributed by atoms with Crippen LogP contribution in [0.2, 0.25) is 0 Å². The van der Waals surface area contributed by atoms with E-state index in [2.05, 4.69) is 5.32 Å². The highest BCUT2D eigenvalue weighted by Crippen LogP contribution is 2.23. The monoisotopic (exact) mass is 278 g/mol. The Morgan fingerprint density at radius 3 is 2.83 bits per heavy atom. The lowest BCUT2D eigenvalue weighted by atomic mass is 10.3. The molecule has 0 aliphatic heterocycles. The Bertz CT molecular complexity index is 511. The maximum Gasteiger partial charge on any atom is 0.230 e. The van der Waals surface area contributed by atoms with E-state index in [1.165, 1.54) is 11.8 Å². The summed E-state index contributed by atoms with van der Waals surface area (Å²) < 4.78 is 0. The van der Waals surface area contributed by atoms with Crippen LogP contribution in [0, 0.1) is 0 Å². The van der Waals surface area contributed by atoms with Crippen LogP contribution in [-0.2, 0) is 11.3 Å². The highest BCUT2D eigenvalue weighted by atomic mass is 32.2. The third-order valence-corrected chi connectivity index (χ3v) is 4.28. The van der Waals surface area contributed by atoms with Crippen LogP contribution in [0.15, 0.2) is 46.7 Å². The van der Waals surface area contributed by atoms with E-state index in [1.807, 2.05) is 41.8 Å². The second-order valence-corrected chi connectivity index (χ2v) is 5.73. The zero-order valence-corrected chi connectivity index (χ0v) is 11.4. The second-order valence-electron chi connectivity index (χ2n) is 3.68. The third-order valence-electron chi connectivity index (χ3n) is 2.32. The SMILES string of the molecule is Nc1ccccc1SCC(=O)NCc1cccs1. The number of anilines is 1. The average Bonchev–Trinajstić information content (AvgIpc) is 2.88. The van der Waals surface area contributed by atoms with Gasteiger partial charge in [-0.05, 0) is 23.6 Å². The number of nitrogen functional groups attached to an aromatic ring is 1. The lowest BCUT2D eigenvalue weighted by molar-refractivity contribution is -0.118. The first-order valence-corrected chi connectivity index (χ1v) is 7.38. The summed E-state index contributed by atoms with van der Waals surface area (Å²) in [6.07, 6.45) is 0. The van der Waals surface area contributed by atoms with Crippen LogP contribution >= 0.6 is 23.1 Å². The molecule has 94 valence electrons. The van der Waals surface area contributed by atoms with Gasteiger partial charge in [-0.1, -0.05) is 18.2 Å². The molecule has 5 heteroatoms. The Balaban J connectivity index is 1.77. The first kappa shape index (κ1) is 13.0. The molecule has 1 heterocycles. The molecule has 1 amide bonds. The number of carbonyl (C=O) groups is 1. The smallest absolute Gasteiger partial charge is 0.230 e. The summed E-state index contributed by atoms with van der Waals surface area (Å²) in [5.74, 6) is 0.413. The first-order chi connectivity index (χ1) is 8.75. The number of para-hydroxylation sites is 1. The van der Waals surface area contributed by atoms with Crippen LogP contribution in [0.3, 0.4) is 0 Å². The van der Waals surface area contributed by atoms with Gasteiger partial charge < -0.3 is 11.1 Å². The predicted octanol–water partition coefficient (Wildman–Crippen LogP) is 2.74. The van der Waals surface area contributed by atoms with Gasteiger partial charge in [0, 0.05) is 15.5 Å². The molecule has 0 unspecified atom stereocenters. The fourth-order valence-corrected chi connectivity index (χ4v) is 2.85. The highest BCUT2D eigenvalue weighted by Gasteiger charge is 2.05. The summed E-state index contributed by atoms with van der Waals surface area (Å²) in [5, 5.41) is 4.89. The van der Waals surface area contributed by atoms with Crippen molar-refractivity contribution in [3.05, 3.63) is 46.7 Å². The number of nitrogens with two attached hydrogens (primary N) is 1. The fraction of sp³-hybridized carbons (Fsp3) is 0.154. The number of rotatable bonds is 5. The third kappa shape index (κ3) is 3.78. The summed E-state index contributed by atoms with van der Waals surface area (Å²) >= 11 is 3.10. The van der Waals surface area contributed by atoms with E-state index in [4.69, 9.17) is 5.73 Å². The molecule has 0 bridgehead atoms. The number of hydrogen-bond donors (Lipinski definition) is 2. The Morgan fingerprint density at radius 1 is 1.28 bits per heavy atom. The number of thioether (sulfide) groups is 1. The molecule has 3 nitrogen and oxygen atoms in total. The van der Waals surface area contributed by atoms with Crippen LogP contribution in [-0.4, -0.2) is 11.7 Å². The zero-order chi connectivity index (χ0) is 12.8. The summed E-state index contributed by atoms with van der Waals surface area (Å²) in [6, 6.07) is 11.6. The van der Waals surface area contributed by atoms with Crippen molar-refractivity contribution in [3.8, 4) is 0 Å². The van der Waals surface area contributed by atoms with Crippen molar-refractivity contribution in [2.75, 3.05) is 11.5 Å². The van der Waals surface area contributed by atoms with Crippen LogP contribution in [0.1, 0.15) is 4.88 Å². The van der Waals surface area contributed by atoms with Crippen molar-refractivity contribution in [1.82, 2.24) is 5.32 Å². The number of nitrogens with one attached hydrogen (secondary N) is 1. The van der Waals surface area contributed by atoms with Crippen LogP contribution < -0.4 is 11.1 Å². The van der Waals surface area contributed by atoms with Gasteiger partial charge in [-0.2, -0.15) is 0 Å². The summed E-state index contributed by atoms with van der Waals surface area (Å²) in [4.78, 5) is 13.8. The van der Waals surface area contributed by atoms with Crippen molar-refractivity contribution < 1.29 is 4.79 Å². The lowest BCUT2D eigenvalue weighted by Crippen LogP contribution is -2.24. The number of hydrogen-bond acceptors (Lipinski definition) is 4. The molecule has 0 saturated carbocycles. The van der Waals surface area contributed by atoms with Crippen molar-refractivity contribution in [1.29, 1.82) is 0 Å². The van der Waals surface area contributed by atoms with Gasteiger partial charge in [0.15, 0.2) is 0 Å². The van der Waals surface area contributed by atoms with Gasteiger partial charge >= 0.3 is 0 Å². The molecule has 2 rings (SSSR count). The van der Waals surface area contributed by atoms with Gasteiger partial charge in [-0.25, -0.2) is 0 Å². The molecule has 2 aromatic rings. The molecule has 0 atom stereocenters. The van der Waals surface area contributed by atoms with E-state index in [-0.39, 0.29) is 5.91 Å². The topological polar surface area (TPSA) is 55.1 Å². The van der Waals surface area contributed by atoms with Crippen LogP contribution in [0.25, 0.3) is 0 Å². The minimum absolute atomic E-state index is 0.0247. The van der Waals surface area contributed by atoms with E-state index in [1.54, 1.807) is 11.3 Å². The minimum Gasteiger partial charge on any atom is -0.398 e. The summed E-state index contributed by atoms with van der Waals surface area (Å²) in [7, 11) is 0. The predicted molar refractivity (Wildman–Crippen MR) is 77.7 cm³/mol. The van der Waals surface area contributed by atoms with Gasteiger partial charge in [-0.15, -0.1) is 23.1 Å². The first-order valence-electron chi connectivity index (χ1n) is 5.52. The standard InChI is InChI=1S/C13H14N2OS2/c14-11-5-1-2-6-12(11)18-9-13(16)15-8-10-4-3-7-17-10/h1-7H,8-9,14H2,(H,15,16). The molecule has 3 N–H and O–H groups in total. The molecule has 0 aliphatic carbocycles. The summed E-state index contributed by atoms with van der Waals surface area (Å²) in [6.45, 7) is 0.599. The molecular formula is C13H14N2OS2. The van der Waals surface area contributed by atoms with Gasteiger partial charge in [0.1, 0.15) is 0 Å². The maximum atomic E-state index is 11.7. The molecule has 0 saturated heterocycles. The van der Waals surface area contributed by atoms with E-state index in [0.29, 0.717) is 18.0 Å². The summed E-state index contributed by atoms with van der Waals surface area (Å²) in [5.41, 5.74) is 6.52. The lowest BCUT2D eigenvalue weighted by Gasteiger charge is -2.05. The molecule has 1 aromatic carbocycles. The van der Waals surface area contributed by atoms with Gasteiger partial charge in [0.2, 0.25) is 5.91 Å². The molecular weight excluding hydrogens is 264 g/mol. The number of carbonyl (C=O) groups excluding carboxylic acids is 1. The maximum absolute atomic E-state index is 11.7. The number of thiophene rings is 1. The molecule has 18 heavy (non-hydrogen) atoms. The Morgan fingerprint density at radius 2 is 2.11 bits per heavy atom. The van der Waals surface area contributed by atoms with Gasteiger partial charge in [0.05, 0.1) is 12.3 Å². The van der Waals surface area contributed by atoms with Crippen LogP contribution in [0.4, 0.5) is 5.69 Å². The second kappa shape index (κ2) is 6.47. The zero-order valence-electron chi connectivity index (χ0n) is 9.76. The normalized spacial score (nSPS) is 10.2. The number of amides is 1. The largest absolute Gasteiger partial charge is 0.398 e. The Kier molecular flexibility index (Phi) is 4.66. The van der Waals surface area contributed by atoms with Gasteiger partial charge in [-0.3, -0.25) is 4.79 Å². The highest BCUT2D eigenvalue weighted by molar-refractivity contribution is 8.00. The van der Waals surface area contributed by atoms with Crippen molar-refractivity contribution in [3.63, 3.8) is 0 Å².